The number of carbonyl (C=O) groups is 2. The first-order valence-electron chi connectivity index (χ1n) is 8.26. The van der Waals surface area contributed by atoms with Gasteiger partial charge in [-0.3, -0.25) is 9.59 Å². The third-order valence-electron chi connectivity index (χ3n) is 4.12. The van der Waals surface area contributed by atoms with Gasteiger partial charge in [0.05, 0.1) is 13.1 Å². The predicted molar refractivity (Wildman–Crippen MR) is 111 cm³/mol. The van der Waals surface area contributed by atoms with Gasteiger partial charge in [-0.05, 0) is 23.3 Å². The standard InChI is InChI=1S/C21H16Cl3NO2/c22-21(23,24)20(27)25-13-17(11-15-7-3-1-4-8-15)19(26)18(14-25)12-16-9-5-2-6-10-16/h1-12H,13-14H2/b17-11-,18-12+. The molecule has 0 spiro atoms. The second-order valence-electron chi connectivity index (χ2n) is 6.15. The topological polar surface area (TPSA) is 37.4 Å². The number of halogens is 3. The summed E-state index contributed by atoms with van der Waals surface area (Å²) in [5.41, 5.74) is 2.67. The van der Waals surface area contributed by atoms with Crippen LogP contribution < -0.4 is 0 Å². The summed E-state index contributed by atoms with van der Waals surface area (Å²) in [6.07, 6.45) is 3.53. The number of carbonyl (C=O) groups excluding carboxylic acids is 2. The molecular weight excluding hydrogens is 405 g/mol. The highest BCUT2D eigenvalue weighted by molar-refractivity contribution is 6.76. The van der Waals surface area contributed by atoms with Gasteiger partial charge >= 0.3 is 0 Å². The average Bonchev–Trinajstić information content (AvgIpc) is 2.65. The number of nitrogens with zero attached hydrogens (tertiary/aromatic N) is 1. The second kappa shape index (κ2) is 8.30. The molecule has 1 aliphatic heterocycles. The molecule has 0 saturated carbocycles. The van der Waals surface area contributed by atoms with Gasteiger partial charge in [-0.1, -0.05) is 95.5 Å². The van der Waals surface area contributed by atoms with E-state index in [1.165, 1.54) is 4.90 Å². The fourth-order valence-electron chi connectivity index (χ4n) is 2.86. The van der Waals surface area contributed by atoms with E-state index in [0.29, 0.717) is 11.1 Å². The number of hydrogen-bond acceptors (Lipinski definition) is 2. The molecular formula is C21H16Cl3NO2. The predicted octanol–water partition coefficient (Wildman–Crippen LogP) is 4.94. The van der Waals surface area contributed by atoms with Crippen molar-refractivity contribution in [3.05, 3.63) is 82.9 Å². The molecule has 1 saturated heterocycles. The monoisotopic (exact) mass is 419 g/mol. The lowest BCUT2D eigenvalue weighted by molar-refractivity contribution is -0.130. The summed E-state index contributed by atoms with van der Waals surface area (Å²) in [6.45, 7) is 0.180. The maximum Gasteiger partial charge on any atom is 0.275 e. The Labute approximate surface area is 172 Å². The van der Waals surface area contributed by atoms with Gasteiger partial charge in [-0.15, -0.1) is 0 Å². The molecule has 0 aliphatic carbocycles. The third kappa shape index (κ3) is 5.01. The summed E-state index contributed by atoms with van der Waals surface area (Å²) in [4.78, 5) is 26.9. The number of rotatable bonds is 2. The van der Waals surface area contributed by atoms with Crippen LogP contribution in [-0.2, 0) is 9.59 Å². The Hall–Kier alpha value is -2.07. The maximum absolute atomic E-state index is 13.0. The van der Waals surface area contributed by atoms with E-state index in [9.17, 15) is 9.59 Å². The van der Waals surface area contributed by atoms with Gasteiger partial charge in [0.15, 0.2) is 5.78 Å². The first-order valence-corrected chi connectivity index (χ1v) is 9.40. The normalized spacial score (nSPS) is 18.2. The molecule has 0 atom stereocenters. The Kier molecular flexibility index (Phi) is 6.05. The molecule has 0 unspecified atom stereocenters. The summed E-state index contributed by atoms with van der Waals surface area (Å²) >= 11 is 17.4. The quantitative estimate of drug-likeness (QED) is 0.510. The molecule has 27 heavy (non-hydrogen) atoms. The molecule has 138 valence electrons. The fourth-order valence-corrected chi connectivity index (χ4v) is 3.22. The first-order chi connectivity index (χ1) is 12.8. The van der Waals surface area contributed by atoms with Crippen LogP contribution in [0.15, 0.2) is 71.8 Å². The van der Waals surface area contributed by atoms with Crippen LogP contribution in [0.4, 0.5) is 0 Å². The van der Waals surface area contributed by atoms with E-state index in [1.807, 2.05) is 60.7 Å². The van der Waals surface area contributed by atoms with Crippen molar-refractivity contribution in [2.45, 2.75) is 3.79 Å². The number of hydrogen-bond donors (Lipinski definition) is 0. The van der Waals surface area contributed by atoms with Crippen LogP contribution in [0.3, 0.4) is 0 Å². The van der Waals surface area contributed by atoms with Crippen molar-refractivity contribution in [3.63, 3.8) is 0 Å². The first kappa shape index (κ1) is 19.7. The lowest BCUT2D eigenvalue weighted by Gasteiger charge is -2.32. The van der Waals surface area contributed by atoms with E-state index < -0.39 is 9.70 Å². The molecule has 0 bridgehead atoms. The van der Waals surface area contributed by atoms with Gasteiger partial charge in [-0.2, -0.15) is 0 Å². The minimum Gasteiger partial charge on any atom is -0.330 e. The summed E-state index contributed by atoms with van der Waals surface area (Å²) in [7, 11) is 0. The lowest BCUT2D eigenvalue weighted by atomic mass is 9.94. The maximum atomic E-state index is 13.0. The zero-order valence-electron chi connectivity index (χ0n) is 14.2. The summed E-state index contributed by atoms with van der Waals surface area (Å²) in [5.74, 6) is -0.769. The summed E-state index contributed by atoms with van der Waals surface area (Å²) in [6, 6.07) is 18.8. The van der Waals surface area contributed by atoms with Gasteiger partial charge in [0.25, 0.3) is 9.70 Å². The number of likely N-dealkylation sites (tertiary alicyclic amines) is 1. The van der Waals surface area contributed by atoms with Crippen molar-refractivity contribution < 1.29 is 9.59 Å². The largest absolute Gasteiger partial charge is 0.330 e. The van der Waals surface area contributed by atoms with Gasteiger partial charge < -0.3 is 4.90 Å². The Morgan fingerprint density at radius 3 is 1.59 bits per heavy atom. The van der Waals surface area contributed by atoms with Crippen molar-refractivity contribution in [2.24, 2.45) is 0 Å². The van der Waals surface area contributed by atoms with Crippen LogP contribution in [0.1, 0.15) is 11.1 Å². The zero-order valence-corrected chi connectivity index (χ0v) is 16.5. The molecule has 3 rings (SSSR count). The van der Waals surface area contributed by atoms with Crippen LogP contribution >= 0.6 is 34.8 Å². The number of piperidine rings is 1. The molecule has 1 heterocycles. The molecule has 0 radical (unpaired) electrons. The highest BCUT2D eigenvalue weighted by Gasteiger charge is 2.39. The summed E-state index contributed by atoms with van der Waals surface area (Å²) in [5, 5.41) is 0. The van der Waals surface area contributed by atoms with Crippen LogP contribution in [0.5, 0.6) is 0 Å². The Bertz CT molecular complexity index is 839. The van der Waals surface area contributed by atoms with E-state index in [0.717, 1.165) is 11.1 Å². The summed E-state index contributed by atoms with van der Waals surface area (Å²) < 4.78 is -2.07. The van der Waals surface area contributed by atoms with Crippen molar-refractivity contribution in [1.82, 2.24) is 4.90 Å². The van der Waals surface area contributed by atoms with Gasteiger partial charge in [-0.25, -0.2) is 0 Å². The highest BCUT2D eigenvalue weighted by atomic mass is 35.6. The minimum atomic E-state index is -2.07. The van der Waals surface area contributed by atoms with Crippen LogP contribution in [0.25, 0.3) is 12.2 Å². The molecule has 1 fully saturated rings. The van der Waals surface area contributed by atoms with Gasteiger partial charge in [0.1, 0.15) is 0 Å². The number of Topliss-reactive ketones (excluding diaryl/α,β-unsaturated/α-hetero) is 1. The van der Waals surface area contributed by atoms with Gasteiger partial charge in [0, 0.05) is 11.1 Å². The molecule has 3 nitrogen and oxygen atoms in total. The van der Waals surface area contributed by atoms with E-state index in [-0.39, 0.29) is 18.9 Å². The molecule has 0 N–H and O–H groups in total. The Balaban J connectivity index is 2.00. The average molecular weight is 421 g/mol. The molecule has 2 aromatic rings. The molecule has 6 heteroatoms. The van der Waals surface area contributed by atoms with E-state index in [2.05, 4.69) is 0 Å². The van der Waals surface area contributed by atoms with Crippen LogP contribution in [0.2, 0.25) is 0 Å². The van der Waals surface area contributed by atoms with Gasteiger partial charge in [0.2, 0.25) is 0 Å². The Morgan fingerprint density at radius 2 is 1.22 bits per heavy atom. The molecule has 0 aromatic heterocycles. The van der Waals surface area contributed by atoms with Crippen molar-refractivity contribution in [1.29, 1.82) is 0 Å². The third-order valence-corrected chi connectivity index (χ3v) is 4.60. The molecule has 2 aromatic carbocycles. The van der Waals surface area contributed by atoms with E-state index in [1.54, 1.807) is 12.2 Å². The fraction of sp³-hybridized carbons (Fsp3) is 0.143. The SMILES string of the molecule is O=C1/C(=C\c2ccccc2)CN(C(=O)C(Cl)(Cl)Cl)C/C1=C\c1ccccc1. The van der Waals surface area contributed by atoms with E-state index >= 15 is 0 Å². The number of alkyl halides is 3. The second-order valence-corrected chi connectivity index (χ2v) is 8.43. The van der Waals surface area contributed by atoms with Crippen molar-refractivity contribution in [3.8, 4) is 0 Å². The van der Waals surface area contributed by atoms with Crippen LogP contribution in [-0.4, -0.2) is 33.5 Å². The van der Waals surface area contributed by atoms with Crippen molar-refractivity contribution in [2.75, 3.05) is 13.1 Å². The highest BCUT2D eigenvalue weighted by Crippen LogP contribution is 2.31. The lowest BCUT2D eigenvalue weighted by Crippen LogP contribution is -2.46. The zero-order chi connectivity index (χ0) is 19.4. The van der Waals surface area contributed by atoms with E-state index in [4.69, 9.17) is 34.8 Å². The van der Waals surface area contributed by atoms with Crippen LogP contribution in [0, 0.1) is 0 Å². The molecule has 1 aliphatic rings. The number of benzene rings is 2. The minimum absolute atomic E-state index is 0.0899. The van der Waals surface area contributed by atoms with Crippen molar-refractivity contribution >= 4 is 58.6 Å². The molecule has 1 amide bonds. The number of ketones is 1. The smallest absolute Gasteiger partial charge is 0.275 e. The number of amides is 1. The Morgan fingerprint density at radius 1 is 0.815 bits per heavy atom.